The third-order valence-electron chi connectivity index (χ3n) is 4.47. The Morgan fingerprint density at radius 1 is 1.17 bits per heavy atom. The Labute approximate surface area is 134 Å². The van der Waals surface area contributed by atoms with E-state index >= 15 is 0 Å². The first kappa shape index (κ1) is 15.4. The minimum absolute atomic E-state index is 0.226. The van der Waals surface area contributed by atoms with E-state index in [2.05, 4.69) is 0 Å². The first-order valence-electron chi connectivity index (χ1n) is 7.30. The third kappa shape index (κ3) is 2.34. The van der Waals surface area contributed by atoms with Crippen LogP contribution >= 0.6 is 0 Å². The second-order valence-corrected chi connectivity index (χ2v) is 5.48. The molecule has 6 nitrogen and oxygen atoms in total. The van der Waals surface area contributed by atoms with Crippen LogP contribution in [0.4, 0.5) is 0 Å². The van der Waals surface area contributed by atoms with Crippen molar-refractivity contribution in [1.29, 1.82) is 0 Å². The number of benzene rings is 1. The van der Waals surface area contributed by atoms with Crippen LogP contribution in [-0.2, 0) is 19.1 Å². The van der Waals surface area contributed by atoms with Gasteiger partial charge in [0.1, 0.15) is 0 Å². The third-order valence-corrected chi connectivity index (χ3v) is 4.47. The zero-order chi connectivity index (χ0) is 16.6. The highest BCUT2D eigenvalue weighted by Crippen LogP contribution is 2.52. The molecule has 0 radical (unpaired) electrons. The summed E-state index contributed by atoms with van der Waals surface area (Å²) >= 11 is 0. The summed E-state index contributed by atoms with van der Waals surface area (Å²) in [6, 6.07) is 5.53. The molecule has 0 fully saturated rings. The average Bonchev–Trinajstić information content (AvgIpc) is 2.99. The number of ether oxygens (including phenoxy) is 4. The van der Waals surface area contributed by atoms with Crippen LogP contribution in [0.2, 0.25) is 0 Å². The maximum atomic E-state index is 12.2. The van der Waals surface area contributed by atoms with Gasteiger partial charge in [-0.25, -0.2) is 4.79 Å². The van der Waals surface area contributed by atoms with E-state index in [1.54, 1.807) is 19.3 Å². The van der Waals surface area contributed by atoms with Crippen molar-refractivity contribution in [3.8, 4) is 11.5 Å². The molecule has 0 saturated carbocycles. The molecule has 1 aromatic carbocycles. The van der Waals surface area contributed by atoms with Gasteiger partial charge in [0.15, 0.2) is 11.5 Å². The van der Waals surface area contributed by atoms with Gasteiger partial charge < -0.3 is 18.9 Å². The molecule has 6 heteroatoms. The summed E-state index contributed by atoms with van der Waals surface area (Å²) in [5.41, 5.74) is 1.30. The van der Waals surface area contributed by atoms with E-state index < -0.39 is 11.9 Å². The van der Waals surface area contributed by atoms with Gasteiger partial charge in [-0.05, 0) is 6.07 Å². The van der Waals surface area contributed by atoms with Crippen LogP contribution in [0.15, 0.2) is 29.8 Å². The number of esters is 2. The van der Waals surface area contributed by atoms with Crippen LogP contribution in [0.3, 0.4) is 0 Å². The molecule has 23 heavy (non-hydrogen) atoms. The quantitative estimate of drug-likeness (QED) is 0.790. The summed E-state index contributed by atoms with van der Waals surface area (Å²) in [4.78, 5) is 24.2. The van der Waals surface area contributed by atoms with Gasteiger partial charge in [-0.15, -0.1) is 0 Å². The van der Waals surface area contributed by atoms with Crippen molar-refractivity contribution in [3.63, 3.8) is 0 Å². The van der Waals surface area contributed by atoms with Crippen molar-refractivity contribution in [2.24, 2.45) is 11.8 Å². The Morgan fingerprint density at radius 2 is 1.96 bits per heavy atom. The number of hydrogen-bond acceptors (Lipinski definition) is 6. The number of methoxy groups -OCH3 is 3. The van der Waals surface area contributed by atoms with Crippen molar-refractivity contribution in [2.75, 3.05) is 27.9 Å². The standard InChI is InChI=1S/C17H18O6/c1-20-13-6-4-5-9-14-11(17(19)22-3)7-10(16(18)21-2)12(14)8-23-15(9)13/h4-7,11-12,14H,8H2,1-3H3/t11-,12-,14+/m1/s1. The number of para-hydroxylation sites is 1. The van der Waals surface area contributed by atoms with Gasteiger partial charge in [0, 0.05) is 23.0 Å². The van der Waals surface area contributed by atoms with Crippen molar-refractivity contribution in [1.82, 2.24) is 0 Å². The van der Waals surface area contributed by atoms with Gasteiger partial charge in [0.25, 0.3) is 0 Å². The second kappa shape index (κ2) is 5.95. The lowest BCUT2D eigenvalue weighted by atomic mass is 9.79. The van der Waals surface area contributed by atoms with Crippen LogP contribution in [0, 0.1) is 11.8 Å². The molecule has 0 amide bonds. The summed E-state index contributed by atoms with van der Waals surface area (Å²) in [7, 11) is 4.23. The Hall–Kier alpha value is -2.50. The van der Waals surface area contributed by atoms with E-state index in [9.17, 15) is 9.59 Å². The summed E-state index contributed by atoms with van der Waals surface area (Å²) < 4.78 is 20.9. The molecular weight excluding hydrogens is 300 g/mol. The predicted molar refractivity (Wildman–Crippen MR) is 80.3 cm³/mol. The fourth-order valence-electron chi connectivity index (χ4n) is 3.44. The molecule has 0 unspecified atom stereocenters. The van der Waals surface area contributed by atoms with E-state index in [0.29, 0.717) is 17.1 Å². The second-order valence-electron chi connectivity index (χ2n) is 5.48. The first-order valence-corrected chi connectivity index (χ1v) is 7.30. The summed E-state index contributed by atoms with van der Waals surface area (Å²) in [5, 5.41) is 0. The lowest BCUT2D eigenvalue weighted by Gasteiger charge is -2.32. The number of hydrogen-bond donors (Lipinski definition) is 0. The smallest absolute Gasteiger partial charge is 0.333 e. The maximum absolute atomic E-state index is 12.2. The number of fused-ring (bicyclic) bond motifs is 3. The molecule has 0 aromatic heterocycles. The van der Waals surface area contributed by atoms with Crippen LogP contribution in [-0.4, -0.2) is 39.9 Å². The molecule has 0 N–H and O–H groups in total. The Balaban J connectivity index is 2.09. The Bertz CT molecular complexity index is 678. The molecule has 1 aromatic rings. The summed E-state index contributed by atoms with van der Waals surface area (Å²) in [6.45, 7) is 0.284. The van der Waals surface area contributed by atoms with E-state index in [1.165, 1.54) is 14.2 Å². The summed E-state index contributed by atoms with van der Waals surface area (Å²) in [6.07, 6.45) is 1.64. The normalized spacial score (nSPS) is 24.7. The SMILES string of the molecule is COC(=O)C1=C[C@@H](C(=O)OC)[C@@H]2c3cccc(OC)c3OC[C@H]12. The zero-order valence-electron chi connectivity index (χ0n) is 13.2. The fraction of sp³-hybridized carbons (Fsp3) is 0.412. The largest absolute Gasteiger partial charge is 0.493 e. The highest BCUT2D eigenvalue weighted by Gasteiger charge is 2.48. The molecule has 3 rings (SSSR count). The highest BCUT2D eigenvalue weighted by molar-refractivity contribution is 5.93. The van der Waals surface area contributed by atoms with E-state index in [-0.39, 0.29) is 24.4 Å². The molecule has 1 heterocycles. The zero-order valence-corrected chi connectivity index (χ0v) is 13.2. The lowest BCUT2D eigenvalue weighted by Crippen LogP contribution is -2.31. The molecule has 122 valence electrons. The highest BCUT2D eigenvalue weighted by atomic mass is 16.5. The molecule has 1 aliphatic heterocycles. The van der Waals surface area contributed by atoms with Crippen molar-refractivity contribution < 1.29 is 28.5 Å². The number of rotatable bonds is 3. The first-order chi connectivity index (χ1) is 11.1. The van der Waals surface area contributed by atoms with Crippen LogP contribution in [0.5, 0.6) is 11.5 Å². The molecule has 2 aliphatic rings. The fourth-order valence-corrected chi connectivity index (χ4v) is 3.44. The number of carbonyl (C=O) groups excluding carboxylic acids is 2. The molecule has 3 atom stereocenters. The van der Waals surface area contributed by atoms with Gasteiger partial charge in [-0.2, -0.15) is 0 Å². The molecule has 1 aliphatic carbocycles. The summed E-state index contributed by atoms with van der Waals surface area (Å²) in [5.74, 6) is -0.618. The van der Waals surface area contributed by atoms with Gasteiger partial charge in [-0.1, -0.05) is 18.2 Å². The van der Waals surface area contributed by atoms with Crippen molar-refractivity contribution in [2.45, 2.75) is 5.92 Å². The predicted octanol–water partition coefficient (Wildman–Crippen LogP) is 1.69. The molecule has 0 saturated heterocycles. The van der Waals surface area contributed by atoms with Crippen molar-refractivity contribution >= 4 is 11.9 Å². The van der Waals surface area contributed by atoms with E-state index in [4.69, 9.17) is 18.9 Å². The molecule has 0 bridgehead atoms. The number of carbonyl (C=O) groups is 2. The molecule has 0 spiro atoms. The van der Waals surface area contributed by atoms with E-state index in [1.807, 2.05) is 12.1 Å². The monoisotopic (exact) mass is 318 g/mol. The van der Waals surface area contributed by atoms with Crippen LogP contribution in [0.25, 0.3) is 0 Å². The van der Waals surface area contributed by atoms with Gasteiger partial charge >= 0.3 is 11.9 Å². The minimum atomic E-state index is -0.547. The maximum Gasteiger partial charge on any atom is 0.333 e. The lowest BCUT2D eigenvalue weighted by molar-refractivity contribution is -0.144. The van der Waals surface area contributed by atoms with Crippen LogP contribution in [0.1, 0.15) is 11.5 Å². The van der Waals surface area contributed by atoms with Gasteiger partial charge in [0.2, 0.25) is 0 Å². The minimum Gasteiger partial charge on any atom is -0.493 e. The van der Waals surface area contributed by atoms with Crippen LogP contribution < -0.4 is 9.47 Å². The average molecular weight is 318 g/mol. The van der Waals surface area contributed by atoms with Crippen molar-refractivity contribution in [3.05, 3.63) is 35.4 Å². The van der Waals surface area contributed by atoms with Gasteiger partial charge in [-0.3, -0.25) is 4.79 Å². The molecular formula is C17H18O6. The Kier molecular flexibility index (Phi) is 3.98. The van der Waals surface area contributed by atoms with E-state index in [0.717, 1.165) is 5.56 Å². The van der Waals surface area contributed by atoms with Gasteiger partial charge in [0.05, 0.1) is 33.9 Å². The Morgan fingerprint density at radius 3 is 2.61 bits per heavy atom. The topological polar surface area (TPSA) is 71.1 Å².